The molecule has 2 N–H and O–H groups in total. The van der Waals surface area contributed by atoms with Crippen LogP contribution in [-0.2, 0) is 5.60 Å². The second-order valence-electron chi connectivity index (χ2n) is 5.75. The van der Waals surface area contributed by atoms with E-state index in [2.05, 4.69) is 20.4 Å². The maximum Gasteiger partial charge on any atom is 0.254 e. The highest BCUT2D eigenvalue weighted by molar-refractivity contribution is 6.31. The monoisotopic (exact) mass is 331 g/mol. The van der Waals surface area contributed by atoms with Crippen LogP contribution in [0.5, 0.6) is 0 Å². The third-order valence-corrected chi connectivity index (χ3v) is 4.29. The fourth-order valence-electron chi connectivity index (χ4n) is 2.49. The topological polar surface area (TPSA) is 75.3 Å². The molecule has 0 aliphatic rings. The molecule has 0 spiro atoms. The molecular formula is C16H18ClN5O. The maximum atomic E-state index is 10.8. The predicted octanol–water partition coefficient (Wildman–Crippen LogP) is 2.71. The van der Waals surface area contributed by atoms with Crippen molar-refractivity contribution in [2.24, 2.45) is 0 Å². The first-order chi connectivity index (χ1) is 10.9. The largest absolute Gasteiger partial charge is 0.384 e. The Morgan fingerprint density at radius 2 is 2.04 bits per heavy atom. The van der Waals surface area contributed by atoms with Crippen LogP contribution in [0.2, 0.25) is 5.02 Å². The van der Waals surface area contributed by atoms with E-state index in [-0.39, 0.29) is 6.54 Å². The minimum atomic E-state index is -1.13. The first kappa shape index (κ1) is 15.7. The van der Waals surface area contributed by atoms with Gasteiger partial charge in [-0.3, -0.25) is 0 Å². The summed E-state index contributed by atoms with van der Waals surface area (Å²) in [5, 5.41) is 18.8. The second-order valence-corrected chi connectivity index (χ2v) is 6.16. The Labute approximate surface area is 139 Å². The zero-order valence-electron chi connectivity index (χ0n) is 13.2. The number of rotatable bonds is 4. The standard InChI is InChI=1S/C16H18ClN5O/c1-10-11(2)21-15-19-9-20-22(15)14(10)18-8-16(3,23)12-6-4-5-7-13(12)17/h4-7,9,18,23H,8H2,1-3H3. The van der Waals surface area contributed by atoms with E-state index in [1.54, 1.807) is 17.5 Å². The van der Waals surface area contributed by atoms with Gasteiger partial charge >= 0.3 is 0 Å². The number of aromatic nitrogens is 4. The van der Waals surface area contributed by atoms with E-state index < -0.39 is 5.60 Å². The van der Waals surface area contributed by atoms with Crippen molar-refractivity contribution in [3.8, 4) is 0 Å². The Morgan fingerprint density at radius 3 is 2.78 bits per heavy atom. The molecule has 1 unspecified atom stereocenters. The summed E-state index contributed by atoms with van der Waals surface area (Å²) in [6.45, 7) is 5.87. The molecule has 1 aromatic carbocycles. The number of hydrogen-bond donors (Lipinski definition) is 2. The van der Waals surface area contributed by atoms with E-state index in [0.29, 0.717) is 16.4 Å². The molecule has 1 atom stereocenters. The average molecular weight is 332 g/mol. The average Bonchev–Trinajstić information content (AvgIpc) is 2.95. The van der Waals surface area contributed by atoms with Crippen LogP contribution in [0.15, 0.2) is 30.6 Å². The van der Waals surface area contributed by atoms with Crippen LogP contribution in [0, 0.1) is 13.8 Å². The van der Waals surface area contributed by atoms with E-state index in [1.165, 1.54) is 6.33 Å². The van der Waals surface area contributed by atoms with Crippen molar-refractivity contribution in [3.63, 3.8) is 0 Å². The number of anilines is 1. The third kappa shape index (κ3) is 2.87. The zero-order valence-corrected chi connectivity index (χ0v) is 14.0. The predicted molar refractivity (Wildman–Crippen MR) is 89.8 cm³/mol. The molecule has 23 heavy (non-hydrogen) atoms. The number of aryl methyl sites for hydroxylation is 1. The third-order valence-electron chi connectivity index (χ3n) is 3.96. The highest BCUT2D eigenvalue weighted by Crippen LogP contribution is 2.28. The van der Waals surface area contributed by atoms with E-state index in [4.69, 9.17) is 11.6 Å². The van der Waals surface area contributed by atoms with Crippen molar-refractivity contribution in [3.05, 3.63) is 52.4 Å². The van der Waals surface area contributed by atoms with Gasteiger partial charge in [0.1, 0.15) is 17.7 Å². The van der Waals surface area contributed by atoms with E-state index in [9.17, 15) is 5.11 Å². The Hall–Kier alpha value is -2.18. The molecule has 3 aromatic rings. The number of hydrogen-bond acceptors (Lipinski definition) is 5. The van der Waals surface area contributed by atoms with Gasteiger partial charge < -0.3 is 10.4 Å². The summed E-state index contributed by atoms with van der Waals surface area (Å²) in [6.07, 6.45) is 1.46. The van der Waals surface area contributed by atoms with Crippen LogP contribution in [0.4, 0.5) is 5.82 Å². The van der Waals surface area contributed by atoms with Crippen LogP contribution < -0.4 is 5.32 Å². The van der Waals surface area contributed by atoms with Gasteiger partial charge in [-0.05, 0) is 26.8 Å². The second kappa shape index (κ2) is 5.79. The van der Waals surface area contributed by atoms with Crippen molar-refractivity contribution < 1.29 is 5.11 Å². The van der Waals surface area contributed by atoms with Crippen molar-refractivity contribution >= 4 is 23.2 Å². The number of nitrogens with one attached hydrogen (secondary N) is 1. The number of nitrogens with zero attached hydrogens (tertiary/aromatic N) is 4. The van der Waals surface area contributed by atoms with Crippen LogP contribution in [0.3, 0.4) is 0 Å². The van der Waals surface area contributed by atoms with Gasteiger partial charge in [0.25, 0.3) is 5.78 Å². The molecule has 0 fully saturated rings. The van der Waals surface area contributed by atoms with Gasteiger partial charge in [0.2, 0.25) is 0 Å². The van der Waals surface area contributed by atoms with Crippen LogP contribution in [0.25, 0.3) is 5.78 Å². The number of fused-ring (bicyclic) bond motifs is 1. The van der Waals surface area contributed by atoms with Gasteiger partial charge in [-0.25, -0.2) is 4.98 Å². The smallest absolute Gasteiger partial charge is 0.254 e. The fourth-order valence-corrected chi connectivity index (χ4v) is 2.83. The summed E-state index contributed by atoms with van der Waals surface area (Å²) in [4.78, 5) is 8.49. The molecule has 120 valence electrons. The summed E-state index contributed by atoms with van der Waals surface area (Å²) >= 11 is 6.20. The van der Waals surface area contributed by atoms with Gasteiger partial charge in [-0.15, -0.1) is 0 Å². The van der Waals surface area contributed by atoms with E-state index in [1.807, 2.05) is 32.0 Å². The maximum absolute atomic E-state index is 10.8. The molecule has 0 aliphatic heterocycles. The molecule has 3 rings (SSSR count). The zero-order chi connectivity index (χ0) is 16.6. The molecule has 7 heteroatoms. The lowest BCUT2D eigenvalue weighted by atomic mass is 9.96. The Bertz CT molecular complexity index is 859. The molecule has 0 saturated heterocycles. The van der Waals surface area contributed by atoms with Gasteiger partial charge in [0, 0.05) is 28.4 Å². The van der Waals surface area contributed by atoms with Gasteiger partial charge in [-0.2, -0.15) is 14.6 Å². The summed E-state index contributed by atoms with van der Waals surface area (Å²) in [5.74, 6) is 1.28. The normalized spacial score (nSPS) is 14.0. The molecule has 0 radical (unpaired) electrons. The van der Waals surface area contributed by atoms with Crippen molar-refractivity contribution in [1.29, 1.82) is 0 Å². The van der Waals surface area contributed by atoms with E-state index in [0.717, 1.165) is 17.1 Å². The van der Waals surface area contributed by atoms with Gasteiger partial charge in [0.15, 0.2) is 0 Å². The molecule has 0 aliphatic carbocycles. The lowest BCUT2D eigenvalue weighted by molar-refractivity contribution is 0.0715. The van der Waals surface area contributed by atoms with Crippen LogP contribution in [-0.4, -0.2) is 31.2 Å². The van der Waals surface area contributed by atoms with Crippen molar-refractivity contribution in [2.45, 2.75) is 26.4 Å². The minimum absolute atomic E-state index is 0.274. The Kier molecular flexibility index (Phi) is 3.95. The molecule has 0 bridgehead atoms. The van der Waals surface area contributed by atoms with Crippen LogP contribution in [0.1, 0.15) is 23.7 Å². The molecular weight excluding hydrogens is 314 g/mol. The summed E-state index contributed by atoms with van der Waals surface area (Å²) in [6, 6.07) is 7.28. The lowest BCUT2D eigenvalue weighted by Gasteiger charge is -2.26. The van der Waals surface area contributed by atoms with E-state index >= 15 is 0 Å². The molecule has 0 amide bonds. The van der Waals surface area contributed by atoms with Crippen molar-refractivity contribution in [1.82, 2.24) is 19.6 Å². The molecule has 2 aromatic heterocycles. The minimum Gasteiger partial charge on any atom is -0.384 e. The summed E-state index contributed by atoms with van der Waals surface area (Å²) < 4.78 is 1.63. The van der Waals surface area contributed by atoms with Gasteiger partial charge in [0.05, 0.1) is 0 Å². The summed E-state index contributed by atoms with van der Waals surface area (Å²) in [7, 11) is 0. The summed E-state index contributed by atoms with van der Waals surface area (Å²) in [5.41, 5.74) is 1.37. The van der Waals surface area contributed by atoms with Crippen LogP contribution >= 0.6 is 11.6 Å². The molecule has 2 heterocycles. The highest BCUT2D eigenvalue weighted by Gasteiger charge is 2.26. The first-order valence-electron chi connectivity index (χ1n) is 7.28. The Balaban J connectivity index is 1.93. The van der Waals surface area contributed by atoms with Crippen molar-refractivity contribution in [2.75, 3.05) is 11.9 Å². The number of benzene rings is 1. The SMILES string of the molecule is Cc1nc2ncnn2c(NCC(C)(O)c2ccccc2Cl)c1C. The highest BCUT2D eigenvalue weighted by atomic mass is 35.5. The number of halogens is 1. The lowest BCUT2D eigenvalue weighted by Crippen LogP contribution is -2.32. The Morgan fingerprint density at radius 1 is 1.30 bits per heavy atom. The quantitative estimate of drug-likeness (QED) is 0.768. The number of aliphatic hydroxyl groups is 1. The first-order valence-corrected chi connectivity index (χ1v) is 7.66. The molecule has 6 nitrogen and oxygen atoms in total. The fraction of sp³-hybridized carbons (Fsp3) is 0.312. The van der Waals surface area contributed by atoms with Gasteiger partial charge in [-0.1, -0.05) is 29.8 Å². The molecule has 0 saturated carbocycles.